The summed E-state index contributed by atoms with van der Waals surface area (Å²) in [5.74, 6) is -0.187. The molecule has 0 unspecified atom stereocenters. The first-order valence-electron chi connectivity index (χ1n) is 7.10. The standard InChI is InChI=1S/C17H18BrN3O2/c1-12(22)21(2)14-9-7-13(8-10-14)20-17(23)11-19-16-6-4-3-5-15(16)18/h3-10,19H,11H2,1-2H3,(H,20,23). The number of hydrogen-bond acceptors (Lipinski definition) is 3. The topological polar surface area (TPSA) is 61.4 Å². The van der Waals surface area contributed by atoms with Gasteiger partial charge in [-0.25, -0.2) is 0 Å². The summed E-state index contributed by atoms with van der Waals surface area (Å²) in [5.41, 5.74) is 2.33. The number of carbonyl (C=O) groups excluding carboxylic acids is 2. The zero-order valence-corrected chi connectivity index (χ0v) is 14.6. The smallest absolute Gasteiger partial charge is 0.243 e. The summed E-state index contributed by atoms with van der Waals surface area (Å²) in [6, 6.07) is 14.7. The molecule has 2 aromatic carbocycles. The number of amides is 2. The quantitative estimate of drug-likeness (QED) is 0.840. The maximum Gasteiger partial charge on any atom is 0.243 e. The molecule has 2 aromatic rings. The van der Waals surface area contributed by atoms with Gasteiger partial charge in [0.2, 0.25) is 11.8 Å². The van der Waals surface area contributed by atoms with Crippen molar-refractivity contribution >= 4 is 44.8 Å². The van der Waals surface area contributed by atoms with Gasteiger partial charge in [-0.05, 0) is 52.3 Å². The van der Waals surface area contributed by atoms with Crippen LogP contribution in [0.25, 0.3) is 0 Å². The Hall–Kier alpha value is -2.34. The van der Waals surface area contributed by atoms with Gasteiger partial charge in [0.1, 0.15) is 0 Å². The minimum absolute atomic E-state index is 0.0422. The summed E-state index contributed by atoms with van der Waals surface area (Å²) in [6.45, 7) is 1.67. The second kappa shape index (κ2) is 7.78. The lowest BCUT2D eigenvalue weighted by atomic mass is 10.2. The molecule has 0 aromatic heterocycles. The monoisotopic (exact) mass is 375 g/mol. The van der Waals surface area contributed by atoms with Crippen LogP contribution in [-0.4, -0.2) is 25.4 Å². The summed E-state index contributed by atoms with van der Waals surface area (Å²) in [5, 5.41) is 5.87. The number of anilines is 3. The molecule has 0 atom stereocenters. The van der Waals surface area contributed by atoms with Crippen LogP contribution in [0.15, 0.2) is 53.0 Å². The number of nitrogens with zero attached hydrogens (tertiary/aromatic N) is 1. The van der Waals surface area contributed by atoms with Gasteiger partial charge >= 0.3 is 0 Å². The van der Waals surface area contributed by atoms with Crippen molar-refractivity contribution in [3.8, 4) is 0 Å². The van der Waals surface area contributed by atoms with E-state index in [0.717, 1.165) is 15.8 Å². The summed E-state index contributed by atoms with van der Waals surface area (Å²) in [4.78, 5) is 24.8. The SMILES string of the molecule is CC(=O)N(C)c1ccc(NC(=O)CNc2ccccc2Br)cc1. The largest absolute Gasteiger partial charge is 0.375 e. The normalized spacial score (nSPS) is 10.0. The first-order chi connectivity index (χ1) is 11.0. The predicted octanol–water partition coefficient (Wildman–Crippen LogP) is 3.48. The second-order valence-corrected chi connectivity index (χ2v) is 5.86. The molecule has 0 aliphatic carbocycles. The van der Waals surface area contributed by atoms with Crippen LogP contribution in [0.4, 0.5) is 17.1 Å². The number of rotatable bonds is 5. The molecule has 0 aliphatic rings. The summed E-state index contributed by atoms with van der Waals surface area (Å²) in [7, 11) is 1.71. The summed E-state index contributed by atoms with van der Waals surface area (Å²) >= 11 is 3.42. The molecule has 5 nitrogen and oxygen atoms in total. The van der Waals surface area contributed by atoms with Crippen molar-refractivity contribution < 1.29 is 9.59 Å². The van der Waals surface area contributed by atoms with Crippen LogP contribution in [0.3, 0.4) is 0 Å². The third-order valence-electron chi connectivity index (χ3n) is 3.32. The molecule has 2 amide bonds. The van der Waals surface area contributed by atoms with E-state index in [1.165, 1.54) is 6.92 Å². The lowest BCUT2D eigenvalue weighted by molar-refractivity contribution is -0.116. The van der Waals surface area contributed by atoms with E-state index in [-0.39, 0.29) is 18.4 Å². The number of benzene rings is 2. The van der Waals surface area contributed by atoms with Gasteiger partial charge in [-0.3, -0.25) is 9.59 Å². The highest BCUT2D eigenvalue weighted by atomic mass is 79.9. The average molecular weight is 376 g/mol. The zero-order valence-electron chi connectivity index (χ0n) is 13.0. The van der Waals surface area contributed by atoms with Crippen LogP contribution in [0, 0.1) is 0 Å². The predicted molar refractivity (Wildman–Crippen MR) is 96.8 cm³/mol. The van der Waals surface area contributed by atoms with Crippen molar-refractivity contribution in [1.29, 1.82) is 0 Å². The van der Waals surface area contributed by atoms with Crippen molar-refractivity contribution in [2.24, 2.45) is 0 Å². The minimum Gasteiger partial charge on any atom is -0.375 e. The summed E-state index contributed by atoms with van der Waals surface area (Å²) < 4.78 is 0.907. The molecular formula is C17H18BrN3O2. The minimum atomic E-state index is -0.145. The number of carbonyl (C=O) groups is 2. The number of para-hydroxylation sites is 1. The lowest BCUT2D eigenvalue weighted by Crippen LogP contribution is -2.23. The van der Waals surface area contributed by atoms with E-state index in [4.69, 9.17) is 0 Å². The van der Waals surface area contributed by atoms with Gasteiger partial charge in [0.25, 0.3) is 0 Å². The molecule has 0 saturated carbocycles. The molecule has 6 heteroatoms. The van der Waals surface area contributed by atoms with E-state index in [0.29, 0.717) is 5.69 Å². The summed E-state index contributed by atoms with van der Waals surface area (Å²) in [6.07, 6.45) is 0. The molecular weight excluding hydrogens is 358 g/mol. The van der Waals surface area contributed by atoms with Gasteiger partial charge in [-0.2, -0.15) is 0 Å². The number of nitrogens with one attached hydrogen (secondary N) is 2. The fraction of sp³-hybridized carbons (Fsp3) is 0.176. The Morgan fingerprint density at radius 2 is 1.74 bits per heavy atom. The highest BCUT2D eigenvalue weighted by Crippen LogP contribution is 2.21. The van der Waals surface area contributed by atoms with Gasteiger partial charge < -0.3 is 15.5 Å². The van der Waals surface area contributed by atoms with Gasteiger partial charge in [0.05, 0.1) is 6.54 Å². The Kier molecular flexibility index (Phi) is 5.76. The Balaban J connectivity index is 1.90. The third-order valence-corrected chi connectivity index (χ3v) is 4.02. The Morgan fingerprint density at radius 3 is 2.35 bits per heavy atom. The molecule has 23 heavy (non-hydrogen) atoms. The second-order valence-electron chi connectivity index (χ2n) is 5.01. The molecule has 0 spiro atoms. The molecule has 0 heterocycles. The van der Waals surface area contributed by atoms with Crippen molar-refractivity contribution in [3.63, 3.8) is 0 Å². The van der Waals surface area contributed by atoms with Crippen LogP contribution in [-0.2, 0) is 9.59 Å². The zero-order chi connectivity index (χ0) is 16.8. The van der Waals surface area contributed by atoms with E-state index in [1.807, 2.05) is 24.3 Å². The van der Waals surface area contributed by atoms with E-state index >= 15 is 0 Å². The molecule has 0 bridgehead atoms. The van der Waals surface area contributed by atoms with Gasteiger partial charge in [-0.1, -0.05) is 12.1 Å². The third kappa shape index (κ3) is 4.82. The van der Waals surface area contributed by atoms with Crippen molar-refractivity contribution in [2.45, 2.75) is 6.92 Å². The first-order valence-corrected chi connectivity index (χ1v) is 7.89. The number of hydrogen-bond donors (Lipinski definition) is 2. The lowest BCUT2D eigenvalue weighted by Gasteiger charge is -2.15. The van der Waals surface area contributed by atoms with Gasteiger partial charge in [0, 0.05) is 35.5 Å². The molecule has 0 radical (unpaired) electrons. The maximum absolute atomic E-state index is 12.0. The Labute approximate surface area is 143 Å². The van der Waals surface area contributed by atoms with Crippen molar-refractivity contribution in [2.75, 3.05) is 29.1 Å². The van der Waals surface area contributed by atoms with Crippen LogP contribution in [0.5, 0.6) is 0 Å². The van der Waals surface area contributed by atoms with E-state index < -0.39 is 0 Å². The molecule has 0 saturated heterocycles. The number of halogens is 1. The Bertz CT molecular complexity index is 701. The van der Waals surface area contributed by atoms with Crippen LogP contribution in [0.2, 0.25) is 0 Å². The van der Waals surface area contributed by atoms with Crippen molar-refractivity contribution in [3.05, 3.63) is 53.0 Å². The molecule has 0 aliphatic heterocycles. The van der Waals surface area contributed by atoms with E-state index in [9.17, 15) is 9.59 Å². The van der Waals surface area contributed by atoms with E-state index in [2.05, 4.69) is 26.6 Å². The highest BCUT2D eigenvalue weighted by molar-refractivity contribution is 9.10. The van der Waals surface area contributed by atoms with Gasteiger partial charge in [0.15, 0.2) is 0 Å². The van der Waals surface area contributed by atoms with Crippen LogP contribution < -0.4 is 15.5 Å². The molecule has 2 N–H and O–H groups in total. The van der Waals surface area contributed by atoms with Crippen molar-refractivity contribution in [1.82, 2.24) is 0 Å². The fourth-order valence-corrected chi connectivity index (χ4v) is 2.36. The average Bonchev–Trinajstić information content (AvgIpc) is 2.54. The Morgan fingerprint density at radius 1 is 1.09 bits per heavy atom. The van der Waals surface area contributed by atoms with E-state index in [1.54, 1.807) is 36.2 Å². The maximum atomic E-state index is 12.0. The highest BCUT2D eigenvalue weighted by Gasteiger charge is 2.07. The van der Waals surface area contributed by atoms with Crippen LogP contribution >= 0.6 is 15.9 Å². The first kappa shape index (κ1) is 17.0. The molecule has 120 valence electrons. The fourth-order valence-electron chi connectivity index (χ4n) is 1.94. The molecule has 0 fully saturated rings. The molecule has 2 rings (SSSR count). The van der Waals surface area contributed by atoms with Crippen LogP contribution in [0.1, 0.15) is 6.92 Å². The van der Waals surface area contributed by atoms with Gasteiger partial charge in [-0.15, -0.1) is 0 Å².